The summed E-state index contributed by atoms with van der Waals surface area (Å²) in [5, 5.41) is 0. The average Bonchev–Trinajstić information content (AvgIpc) is 2.46. The predicted octanol–water partition coefficient (Wildman–Crippen LogP) is 2.27. The minimum absolute atomic E-state index is 0.0490. The number of likely N-dealkylation sites (tertiary alicyclic amines) is 1. The van der Waals surface area contributed by atoms with E-state index in [1.165, 1.54) is 5.56 Å². The van der Waals surface area contributed by atoms with Gasteiger partial charge in [-0.25, -0.2) is 9.97 Å². The van der Waals surface area contributed by atoms with Crippen molar-refractivity contribution in [2.24, 2.45) is 5.92 Å². The first kappa shape index (κ1) is 14.1. The van der Waals surface area contributed by atoms with Crippen LogP contribution in [0.5, 0.6) is 0 Å². The quantitative estimate of drug-likeness (QED) is 0.834. The smallest absolute Gasteiger partial charge is 0.152 e. The lowest BCUT2D eigenvalue weighted by Gasteiger charge is -2.35. The van der Waals surface area contributed by atoms with Gasteiger partial charge in [0.05, 0.1) is 6.04 Å². The van der Waals surface area contributed by atoms with E-state index in [1.54, 1.807) is 6.33 Å². The Bertz CT molecular complexity index is 411. The number of ketones is 1. The van der Waals surface area contributed by atoms with Gasteiger partial charge in [-0.1, -0.05) is 13.8 Å². The molecule has 1 aromatic rings. The highest BCUT2D eigenvalue weighted by molar-refractivity contribution is 5.85. The Kier molecular flexibility index (Phi) is 4.64. The molecule has 1 saturated heterocycles. The molecule has 1 fully saturated rings. The van der Waals surface area contributed by atoms with Gasteiger partial charge in [0.25, 0.3) is 0 Å². The van der Waals surface area contributed by atoms with Gasteiger partial charge in [0.2, 0.25) is 0 Å². The van der Waals surface area contributed by atoms with Crippen molar-refractivity contribution in [1.29, 1.82) is 0 Å². The minimum Gasteiger partial charge on any atom is -0.298 e. The van der Waals surface area contributed by atoms with Gasteiger partial charge in [0.15, 0.2) is 5.78 Å². The number of rotatable bonds is 4. The van der Waals surface area contributed by atoms with Gasteiger partial charge in [0, 0.05) is 18.3 Å². The number of hydrogen-bond donors (Lipinski definition) is 0. The van der Waals surface area contributed by atoms with Gasteiger partial charge in [-0.3, -0.25) is 9.69 Å². The number of hydrogen-bond acceptors (Lipinski definition) is 4. The Hall–Kier alpha value is -1.29. The fourth-order valence-corrected chi connectivity index (χ4v) is 2.80. The van der Waals surface area contributed by atoms with E-state index in [9.17, 15) is 4.79 Å². The molecular weight excluding hydrogens is 238 g/mol. The summed E-state index contributed by atoms with van der Waals surface area (Å²) >= 11 is 0. The summed E-state index contributed by atoms with van der Waals surface area (Å²) in [4.78, 5) is 22.5. The molecule has 2 rings (SSSR count). The highest BCUT2D eigenvalue weighted by Crippen LogP contribution is 2.28. The molecule has 0 amide bonds. The Morgan fingerprint density at radius 1 is 1.21 bits per heavy atom. The van der Waals surface area contributed by atoms with E-state index in [0.717, 1.165) is 25.9 Å². The van der Waals surface area contributed by atoms with E-state index in [0.29, 0.717) is 11.7 Å². The molecule has 4 heteroatoms. The molecule has 1 aromatic heterocycles. The van der Waals surface area contributed by atoms with Crippen LogP contribution in [0.4, 0.5) is 0 Å². The number of piperidine rings is 1. The van der Waals surface area contributed by atoms with Crippen molar-refractivity contribution >= 4 is 5.78 Å². The van der Waals surface area contributed by atoms with Crippen LogP contribution in [0.2, 0.25) is 0 Å². The molecule has 1 aliphatic rings. The summed E-state index contributed by atoms with van der Waals surface area (Å²) in [7, 11) is 0. The second-order valence-electron chi connectivity index (χ2n) is 5.72. The molecule has 0 aromatic carbocycles. The standard InChI is InChI=1S/C15H23N3O/c1-11(2)15(19)12(3)18-6-4-13(5-7-18)14-8-16-10-17-9-14/h8-13H,4-7H2,1-3H3/t12-/m1/s1. The van der Waals surface area contributed by atoms with Crippen LogP contribution in [0, 0.1) is 5.92 Å². The van der Waals surface area contributed by atoms with E-state index < -0.39 is 0 Å². The van der Waals surface area contributed by atoms with Gasteiger partial charge in [-0.15, -0.1) is 0 Å². The monoisotopic (exact) mass is 261 g/mol. The van der Waals surface area contributed by atoms with Gasteiger partial charge in [-0.05, 0) is 44.3 Å². The van der Waals surface area contributed by atoms with Gasteiger partial charge in [0.1, 0.15) is 6.33 Å². The lowest BCUT2D eigenvalue weighted by molar-refractivity contribution is -0.127. The molecule has 104 valence electrons. The Labute approximate surface area is 115 Å². The molecule has 2 heterocycles. The van der Waals surface area contributed by atoms with Crippen LogP contribution in [0.15, 0.2) is 18.7 Å². The van der Waals surface area contributed by atoms with Crippen LogP contribution in [0.1, 0.15) is 45.1 Å². The summed E-state index contributed by atoms with van der Waals surface area (Å²) in [5.74, 6) is 1.01. The van der Waals surface area contributed by atoms with Gasteiger partial charge < -0.3 is 0 Å². The van der Waals surface area contributed by atoms with Crippen molar-refractivity contribution in [3.05, 3.63) is 24.3 Å². The molecule has 19 heavy (non-hydrogen) atoms. The molecular formula is C15H23N3O. The van der Waals surface area contributed by atoms with E-state index in [4.69, 9.17) is 0 Å². The number of carbonyl (C=O) groups is 1. The van der Waals surface area contributed by atoms with Crippen molar-refractivity contribution in [2.75, 3.05) is 13.1 Å². The molecule has 0 unspecified atom stereocenters. The van der Waals surface area contributed by atoms with E-state index in [1.807, 2.05) is 33.2 Å². The molecule has 1 atom stereocenters. The average molecular weight is 261 g/mol. The van der Waals surface area contributed by atoms with Crippen LogP contribution in [-0.2, 0) is 4.79 Å². The first-order valence-corrected chi connectivity index (χ1v) is 7.12. The number of aromatic nitrogens is 2. The highest BCUT2D eigenvalue weighted by atomic mass is 16.1. The summed E-state index contributed by atoms with van der Waals surface area (Å²) in [6.07, 6.45) is 7.57. The SMILES string of the molecule is CC(C)C(=O)[C@@H](C)N1CCC(c2cncnc2)CC1. The minimum atomic E-state index is 0.0490. The van der Waals surface area contributed by atoms with Crippen LogP contribution in [0.25, 0.3) is 0 Å². The van der Waals surface area contributed by atoms with Crippen molar-refractivity contribution in [3.8, 4) is 0 Å². The molecule has 0 saturated carbocycles. The second-order valence-corrected chi connectivity index (χ2v) is 5.72. The molecule has 0 bridgehead atoms. The van der Waals surface area contributed by atoms with Crippen molar-refractivity contribution in [1.82, 2.24) is 14.9 Å². The van der Waals surface area contributed by atoms with E-state index in [2.05, 4.69) is 14.9 Å². The topological polar surface area (TPSA) is 46.1 Å². The predicted molar refractivity (Wildman–Crippen MR) is 74.9 cm³/mol. The third kappa shape index (κ3) is 3.38. The maximum absolute atomic E-state index is 12.0. The van der Waals surface area contributed by atoms with E-state index in [-0.39, 0.29) is 12.0 Å². The highest BCUT2D eigenvalue weighted by Gasteiger charge is 2.28. The zero-order valence-electron chi connectivity index (χ0n) is 12.0. The lowest BCUT2D eigenvalue weighted by Crippen LogP contribution is -2.44. The fraction of sp³-hybridized carbons (Fsp3) is 0.667. The summed E-state index contributed by atoms with van der Waals surface area (Å²) in [6, 6.07) is 0.0490. The maximum Gasteiger partial charge on any atom is 0.152 e. The van der Waals surface area contributed by atoms with Crippen molar-refractivity contribution in [2.45, 2.75) is 45.6 Å². The first-order chi connectivity index (χ1) is 9.09. The molecule has 0 N–H and O–H groups in total. The molecule has 1 aliphatic heterocycles. The molecule has 0 radical (unpaired) electrons. The van der Waals surface area contributed by atoms with E-state index >= 15 is 0 Å². The van der Waals surface area contributed by atoms with Crippen LogP contribution >= 0.6 is 0 Å². The summed E-state index contributed by atoms with van der Waals surface area (Å²) in [6.45, 7) is 7.96. The van der Waals surface area contributed by atoms with Crippen LogP contribution < -0.4 is 0 Å². The van der Waals surface area contributed by atoms with Crippen LogP contribution in [-0.4, -0.2) is 39.8 Å². The second kappa shape index (κ2) is 6.24. The lowest BCUT2D eigenvalue weighted by atomic mass is 9.89. The number of carbonyl (C=O) groups excluding carboxylic acids is 1. The first-order valence-electron chi connectivity index (χ1n) is 7.12. The normalized spacial score (nSPS) is 19.6. The third-order valence-electron chi connectivity index (χ3n) is 4.11. The summed E-state index contributed by atoms with van der Waals surface area (Å²) in [5.41, 5.74) is 1.23. The Balaban J connectivity index is 1.91. The largest absolute Gasteiger partial charge is 0.298 e. The number of nitrogens with zero attached hydrogens (tertiary/aromatic N) is 3. The van der Waals surface area contributed by atoms with Gasteiger partial charge >= 0.3 is 0 Å². The molecule has 4 nitrogen and oxygen atoms in total. The third-order valence-corrected chi connectivity index (χ3v) is 4.11. The Morgan fingerprint density at radius 3 is 2.32 bits per heavy atom. The molecule has 0 aliphatic carbocycles. The zero-order chi connectivity index (χ0) is 13.8. The van der Waals surface area contributed by atoms with Gasteiger partial charge in [-0.2, -0.15) is 0 Å². The summed E-state index contributed by atoms with van der Waals surface area (Å²) < 4.78 is 0. The zero-order valence-corrected chi connectivity index (χ0v) is 12.0. The van der Waals surface area contributed by atoms with Crippen LogP contribution in [0.3, 0.4) is 0 Å². The molecule has 0 spiro atoms. The Morgan fingerprint density at radius 2 is 1.79 bits per heavy atom. The van der Waals surface area contributed by atoms with Crippen molar-refractivity contribution in [3.63, 3.8) is 0 Å². The van der Waals surface area contributed by atoms with Crippen molar-refractivity contribution < 1.29 is 4.79 Å². The number of Topliss-reactive ketones (excluding diaryl/α,β-unsaturated/α-hetero) is 1. The maximum atomic E-state index is 12.0. The fourth-order valence-electron chi connectivity index (χ4n) is 2.80.